The van der Waals surface area contributed by atoms with Crippen molar-refractivity contribution in [3.05, 3.63) is 59.4 Å². The Bertz CT molecular complexity index is 431. The van der Waals surface area contributed by atoms with Crippen LogP contribution in [0.25, 0.3) is 0 Å². The van der Waals surface area contributed by atoms with E-state index in [4.69, 9.17) is 11.6 Å². The highest BCUT2D eigenvalue weighted by Gasteiger charge is 2.05. The third-order valence-corrected chi connectivity index (χ3v) is 2.18. The molecule has 0 aliphatic rings. The Hall–Kier alpha value is -1.54. The van der Waals surface area contributed by atoms with Gasteiger partial charge in [0, 0.05) is 23.0 Å². The summed E-state index contributed by atoms with van der Waals surface area (Å²) in [6.07, 6.45) is 3.44. The van der Waals surface area contributed by atoms with Gasteiger partial charge in [-0.3, -0.25) is 9.36 Å². The fourth-order valence-electron chi connectivity index (χ4n) is 1.21. The van der Waals surface area contributed by atoms with Crippen molar-refractivity contribution in [1.82, 2.24) is 4.57 Å². The molecule has 0 spiro atoms. The average molecular weight is 206 g/mol. The molecule has 3 heteroatoms. The van der Waals surface area contributed by atoms with Gasteiger partial charge in [0.05, 0.1) is 0 Å². The van der Waals surface area contributed by atoms with Crippen LogP contribution in [0.3, 0.4) is 0 Å². The molecule has 0 aliphatic carbocycles. The lowest BCUT2D eigenvalue weighted by Crippen LogP contribution is -2.08. The molecule has 14 heavy (non-hydrogen) atoms. The number of benzene rings is 1. The van der Waals surface area contributed by atoms with Gasteiger partial charge in [-0.05, 0) is 36.4 Å². The molecule has 0 saturated carbocycles. The van der Waals surface area contributed by atoms with Crippen LogP contribution in [0.15, 0.2) is 48.8 Å². The van der Waals surface area contributed by atoms with Crippen LogP contribution in [0, 0.1) is 0 Å². The third-order valence-electron chi connectivity index (χ3n) is 1.93. The zero-order chi connectivity index (χ0) is 9.97. The molecule has 0 unspecified atom stereocenters. The molecule has 1 heterocycles. The SMILES string of the molecule is O=C(c1ccc(Cl)cc1)n1cccc1. The minimum atomic E-state index is -0.0494. The van der Waals surface area contributed by atoms with E-state index in [0.717, 1.165) is 0 Å². The smallest absolute Gasteiger partial charge is 0.261 e. The van der Waals surface area contributed by atoms with Crippen LogP contribution in [0.2, 0.25) is 5.02 Å². The van der Waals surface area contributed by atoms with E-state index in [0.29, 0.717) is 10.6 Å². The summed E-state index contributed by atoms with van der Waals surface area (Å²) < 4.78 is 1.53. The molecule has 70 valence electrons. The summed E-state index contributed by atoms with van der Waals surface area (Å²) in [4.78, 5) is 11.7. The molecular formula is C11H8ClNO. The first-order chi connectivity index (χ1) is 6.77. The van der Waals surface area contributed by atoms with E-state index in [1.807, 2.05) is 12.1 Å². The second kappa shape index (κ2) is 3.68. The van der Waals surface area contributed by atoms with E-state index in [-0.39, 0.29) is 5.91 Å². The Morgan fingerprint density at radius 1 is 1.07 bits per heavy atom. The summed E-state index contributed by atoms with van der Waals surface area (Å²) in [6.45, 7) is 0. The standard InChI is InChI=1S/C11H8ClNO/c12-10-5-3-9(4-6-10)11(14)13-7-1-2-8-13/h1-8H. The van der Waals surface area contributed by atoms with Crippen molar-refractivity contribution in [3.63, 3.8) is 0 Å². The van der Waals surface area contributed by atoms with E-state index in [1.165, 1.54) is 4.57 Å². The van der Waals surface area contributed by atoms with Crippen LogP contribution in [-0.2, 0) is 0 Å². The summed E-state index contributed by atoms with van der Waals surface area (Å²) in [5, 5.41) is 0.633. The first-order valence-electron chi connectivity index (χ1n) is 4.20. The number of hydrogen-bond acceptors (Lipinski definition) is 1. The fourth-order valence-corrected chi connectivity index (χ4v) is 1.34. The largest absolute Gasteiger partial charge is 0.291 e. The van der Waals surface area contributed by atoms with Crippen LogP contribution < -0.4 is 0 Å². The van der Waals surface area contributed by atoms with Crippen LogP contribution in [-0.4, -0.2) is 10.5 Å². The second-order valence-corrected chi connectivity index (χ2v) is 3.34. The normalized spacial score (nSPS) is 10.1. The highest BCUT2D eigenvalue weighted by Crippen LogP contribution is 2.10. The lowest BCUT2D eigenvalue weighted by atomic mass is 10.2. The molecular weight excluding hydrogens is 198 g/mol. The van der Waals surface area contributed by atoms with Gasteiger partial charge >= 0.3 is 0 Å². The van der Waals surface area contributed by atoms with Crippen LogP contribution in [0.1, 0.15) is 10.4 Å². The summed E-state index contributed by atoms with van der Waals surface area (Å²) in [6, 6.07) is 10.5. The maximum Gasteiger partial charge on any atom is 0.261 e. The maximum atomic E-state index is 11.7. The second-order valence-electron chi connectivity index (χ2n) is 2.90. The van der Waals surface area contributed by atoms with Crippen molar-refractivity contribution in [1.29, 1.82) is 0 Å². The zero-order valence-corrected chi connectivity index (χ0v) is 8.11. The Morgan fingerprint density at radius 2 is 1.64 bits per heavy atom. The molecule has 1 aromatic carbocycles. The maximum absolute atomic E-state index is 11.7. The Labute approximate surface area is 86.7 Å². The van der Waals surface area contributed by atoms with Gasteiger partial charge in [0.25, 0.3) is 5.91 Å². The van der Waals surface area contributed by atoms with Gasteiger partial charge in [-0.25, -0.2) is 0 Å². The number of carbonyl (C=O) groups excluding carboxylic acids is 1. The van der Waals surface area contributed by atoms with E-state index >= 15 is 0 Å². The molecule has 0 fully saturated rings. The number of carbonyl (C=O) groups is 1. The van der Waals surface area contributed by atoms with Crippen LogP contribution in [0.5, 0.6) is 0 Å². The lowest BCUT2D eigenvalue weighted by molar-refractivity contribution is 0.0960. The summed E-state index contributed by atoms with van der Waals surface area (Å²) in [5.74, 6) is -0.0494. The predicted octanol–water partition coefficient (Wildman–Crippen LogP) is 2.83. The summed E-state index contributed by atoms with van der Waals surface area (Å²) in [7, 11) is 0. The van der Waals surface area contributed by atoms with Gasteiger partial charge in [-0.2, -0.15) is 0 Å². The molecule has 0 bridgehead atoms. The molecule has 0 saturated heterocycles. The molecule has 0 N–H and O–H groups in total. The number of halogens is 1. The molecule has 2 nitrogen and oxygen atoms in total. The predicted molar refractivity (Wildman–Crippen MR) is 55.6 cm³/mol. The monoisotopic (exact) mass is 205 g/mol. The number of nitrogens with zero attached hydrogens (tertiary/aromatic N) is 1. The van der Waals surface area contributed by atoms with Crippen LogP contribution >= 0.6 is 11.6 Å². The van der Waals surface area contributed by atoms with Crippen molar-refractivity contribution in [2.24, 2.45) is 0 Å². The zero-order valence-electron chi connectivity index (χ0n) is 7.35. The Balaban J connectivity index is 2.33. The number of hydrogen-bond donors (Lipinski definition) is 0. The van der Waals surface area contributed by atoms with Gasteiger partial charge in [-0.15, -0.1) is 0 Å². The molecule has 0 amide bonds. The Morgan fingerprint density at radius 3 is 2.21 bits per heavy atom. The number of aromatic nitrogens is 1. The van der Waals surface area contributed by atoms with E-state index in [9.17, 15) is 4.79 Å². The van der Waals surface area contributed by atoms with E-state index < -0.39 is 0 Å². The summed E-state index contributed by atoms with van der Waals surface area (Å²) >= 11 is 5.72. The highest BCUT2D eigenvalue weighted by atomic mass is 35.5. The molecule has 1 aromatic heterocycles. The van der Waals surface area contributed by atoms with E-state index in [1.54, 1.807) is 36.7 Å². The molecule has 2 rings (SSSR count). The van der Waals surface area contributed by atoms with Gasteiger partial charge in [-0.1, -0.05) is 11.6 Å². The molecule has 0 radical (unpaired) electrons. The van der Waals surface area contributed by atoms with E-state index in [2.05, 4.69) is 0 Å². The average Bonchev–Trinajstić information content (AvgIpc) is 2.71. The topological polar surface area (TPSA) is 22.0 Å². The Kier molecular flexibility index (Phi) is 2.37. The minimum absolute atomic E-state index is 0.0494. The first-order valence-corrected chi connectivity index (χ1v) is 4.58. The molecule has 2 aromatic rings. The van der Waals surface area contributed by atoms with Gasteiger partial charge in [0.15, 0.2) is 0 Å². The van der Waals surface area contributed by atoms with Gasteiger partial charge in [0.1, 0.15) is 0 Å². The third kappa shape index (κ3) is 1.70. The van der Waals surface area contributed by atoms with Crippen LogP contribution in [0.4, 0.5) is 0 Å². The fraction of sp³-hybridized carbons (Fsp3) is 0. The minimum Gasteiger partial charge on any atom is -0.291 e. The van der Waals surface area contributed by atoms with Gasteiger partial charge in [0.2, 0.25) is 0 Å². The van der Waals surface area contributed by atoms with Crippen molar-refractivity contribution in [2.75, 3.05) is 0 Å². The van der Waals surface area contributed by atoms with Gasteiger partial charge < -0.3 is 0 Å². The van der Waals surface area contributed by atoms with Crippen molar-refractivity contribution in [2.45, 2.75) is 0 Å². The lowest BCUT2D eigenvalue weighted by Gasteiger charge is -2.01. The summed E-state index contributed by atoms with van der Waals surface area (Å²) in [5.41, 5.74) is 0.630. The van der Waals surface area contributed by atoms with Crippen molar-refractivity contribution < 1.29 is 4.79 Å². The molecule has 0 aliphatic heterocycles. The number of rotatable bonds is 1. The quantitative estimate of drug-likeness (QED) is 0.702. The highest BCUT2D eigenvalue weighted by molar-refractivity contribution is 6.30. The first kappa shape index (κ1) is 9.03. The van der Waals surface area contributed by atoms with Crippen molar-refractivity contribution >= 4 is 17.5 Å². The molecule has 0 atom stereocenters. The van der Waals surface area contributed by atoms with Crippen molar-refractivity contribution in [3.8, 4) is 0 Å².